The molecule has 0 bridgehead atoms. The summed E-state index contributed by atoms with van der Waals surface area (Å²) in [6.45, 7) is 3.90. The number of rotatable bonds is 5. The molecule has 0 radical (unpaired) electrons. The number of carbonyl (C=O) groups is 4. The second-order valence-corrected chi connectivity index (χ2v) is 10.6. The van der Waals surface area contributed by atoms with E-state index in [1.807, 2.05) is 61.5 Å². The average Bonchev–Trinajstić information content (AvgIpc) is 3.42. The molecular formula is C30H26ClN3O4. The van der Waals surface area contributed by atoms with Crippen molar-refractivity contribution in [3.8, 4) is 0 Å². The molecular weight excluding hydrogens is 502 g/mol. The van der Waals surface area contributed by atoms with Gasteiger partial charge in [0, 0.05) is 18.0 Å². The number of benzene rings is 3. The standard InChI is InChI=1S/C30H26ClN3O4/c1-3-32-26(35)23-24(27(32)36)30(17-19-8-5-4-6-9-19)28(37)33(22-11-7-10-21(31)16-22)29(38)34(30)25(23)20-14-12-18(2)13-15-20/h4-16,23-25H,3,17H2,1-2H3/t23?,24?,25?,30-/m1/s1. The molecule has 8 heteroatoms. The summed E-state index contributed by atoms with van der Waals surface area (Å²) in [5, 5.41) is 0.379. The van der Waals surface area contributed by atoms with E-state index in [2.05, 4.69) is 0 Å². The first-order chi connectivity index (χ1) is 18.3. The van der Waals surface area contributed by atoms with Crippen LogP contribution in [0.4, 0.5) is 10.5 Å². The van der Waals surface area contributed by atoms with E-state index in [1.54, 1.807) is 31.2 Å². The van der Waals surface area contributed by atoms with Crippen LogP contribution in [0, 0.1) is 18.8 Å². The van der Waals surface area contributed by atoms with Crippen LogP contribution in [0.2, 0.25) is 5.02 Å². The van der Waals surface area contributed by atoms with Crippen molar-refractivity contribution in [3.63, 3.8) is 0 Å². The van der Waals surface area contributed by atoms with Gasteiger partial charge in [0.15, 0.2) is 0 Å². The number of amides is 5. The van der Waals surface area contributed by atoms with Crippen LogP contribution in [0.15, 0.2) is 78.9 Å². The van der Waals surface area contributed by atoms with E-state index >= 15 is 0 Å². The Labute approximate surface area is 225 Å². The molecule has 38 heavy (non-hydrogen) atoms. The third-order valence-electron chi connectivity index (χ3n) is 8.09. The van der Waals surface area contributed by atoms with Gasteiger partial charge in [-0.25, -0.2) is 9.69 Å². The van der Waals surface area contributed by atoms with E-state index in [0.717, 1.165) is 16.0 Å². The summed E-state index contributed by atoms with van der Waals surface area (Å²) in [6.07, 6.45) is 0.107. The number of urea groups is 1. The van der Waals surface area contributed by atoms with Gasteiger partial charge in [0.1, 0.15) is 5.54 Å². The summed E-state index contributed by atoms with van der Waals surface area (Å²) in [7, 11) is 0. The molecule has 3 aromatic carbocycles. The van der Waals surface area contributed by atoms with Crippen molar-refractivity contribution in [2.45, 2.75) is 31.8 Å². The van der Waals surface area contributed by atoms with Crippen molar-refractivity contribution in [2.75, 3.05) is 11.4 Å². The van der Waals surface area contributed by atoms with Crippen LogP contribution in [0.25, 0.3) is 0 Å². The van der Waals surface area contributed by atoms with Crippen LogP contribution in [-0.4, -0.2) is 45.6 Å². The van der Waals surface area contributed by atoms with Gasteiger partial charge in [-0.3, -0.25) is 19.3 Å². The number of hydrogen-bond acceptors (Lipinski definition) is 4. The van der Waals surface area contributed by atoms with Gasteiger partial charge in [0.2, 0.25) is 11.8 Å². The maximum atomic E-state index is 14.6. The summed E-state index contributed by atoms with van der Waals surface area (Å²) >= 11 is 6.24. The zero-order valence-electron chi connectivity index (χ0n) is 21.0. The zero-order valence-corrected chi connectivity index (χ0v) is 21.8. The number of likely N-dealkylation sites (tertiary alicyclic amines) is 1. The van der Waals surface area contributed by atoms with Gasteiger partial charge in [-0.2, -0.15) is 0 Å². The highest BCUT2D eigenvalue weighted by Crippen LogP contribution is 2.59. The lowest BCUT2D eigenvalue weighted by molar-refractivity contribution is -0.144. The van der Waals surface area contributed by atoms with Gasteiger partial charge in [-0.05, 0) is 43.2 Å². The van der Waals surface area contributed by atoms with E-state index in [9.17, 15) is 19.2 Å². The van der Waals surface area contributed by atoms with Gasteiger partial charge in [-0.1, -0.05) is 77.8 Å². The van der Waals surface area contributed by atoms with Crippen molar-refractivity contribution >= 4 is 41.0 Å². The fraction of sp³-hybridized carbons (Fsp3) is 0.267. The fourth-order valence-electron chi connectivity index (χ4n) is 6.50. The van der Waals surface area contributed by atoms with Gasteiger partial charge < -0.3 is 4.90 Å². The molecule has 6 rings (SSSR count). The Balaban J connectivity index is 1.61. The molecule has 3 aliphatic heterocycles. The van der Waals surface area contributed by atoms with Gasteiger partial charge >= 0.3 is 6.03 Å². The van der Waals surface area contributed by atoms with E-state index in [0.29, 0.717) is 16.3 Å². The lowest BCUT2D eigenvalue weighted by atomic mass is 9.75. The van der Waals surface area contributed by atoms with Crippen molar-refractivity contribution in [3.05, 3.63) is 101 Å². The Morgan fingerprint density at radius 1 is 0.868 bits per heavy atom. The lowest BCUT2D eigenvalue weighted by Crippen LogP contribution is -2.55. The maximum Gasteiger partial charge on any atom is 0.332 e. The first-order valence-corrected chi connectivity index (χ1v) is 13.1. The molecule has 0 aliphatic carbocycles. The SMILES string of the molecule is CCN1C(=O)C2C(c3ccc(C)cc3)N3C(=O)N(c4cccc(Cl)c4)C(=O)[C@@]3(Cc3ccccc3)C2C1=O. The van der Waals surface area contributed by atoms with Crippen LogP contribution < -0.4 is 4.90 Å². The quantitative estimate of drug-likeness (QED) is 0.353. The summed E-state index contributed by atoms with van der Waals surface area (Å²) in [5.41, 5.74) is 1.29. The lowest BCUT2D eigenvalue weighted by Gasteiger charge is -2.35. The molecule has 5 amide bonds. The van der Waals surface area contributed by atoms with Crippen LogP contribution >= 0.6 is 11.6 Å². The Kier molecular flexibility index (Phi) is 5.65. The maximum absolute atomic E-state index is 14.6. The third-order valence-corrected chi connectivity index (χ3v) is 8.33. The highest BCUT2D eigenvalue weighted by atomic mass is 35.5. The Morgan fingerprint density at radius 2 is 1.58 bits per heavy atom. The second-order valence-electron chi connectivity index (χ2n) is 10.1. The van der Waals surface area contributed by atoms with E-state index in [4.69, 9.17) is 11.6 Å². The fourth-order valence-corrected chi connectivity index (χ4v) is 6.68. The molecule has 0 N–H and O–H groups in total. The number of aryl methyl sites for hydroxylation is 1. The van der Waals surface area contributed by atoms with Gasteiger partial charge in [0.25, 0.3) is 5.91 Å². The van der Waals surface area contributed by atoms with E-state index < -0.39 is 41.3 Å². The first-order valence-electron chi connectivity index (χ1n) is 12.7. The molecule has 3 aromatic rings. The number of fused-ring (bicyclic) bond motifs is 3. The third kappa shape index (κ3) is 3.28. The second kappa shape index (κ2) is 8.81. The van der Waals surface area contributed by atoms with Crippen molar-refractivity contribution in [1.82, 2.24) is 9.80 Å². The molecule has 3 heterocycles. The summed E-state index contributed by atoms with van der Waals surface area (Å²) < 4.78 is 0. The molecule has 3 saturated heterocycles. The van der Waals surface area contributed by atoms with Crippen molar-refractivity contribution < 1.29 is 19.2 Å². The van der Waals surface area contributed by atoms with Gasteiger partial charge in [0.05, 0.1) is 23.6 Å². The normalized spacial score (nSPS) is 26.4. The zero-order chi connectivity index (χ0) is 26.8. The molecule has 0 spiro atoms. The number of halogens is 1. The molecule has 4 atom stereocenters. The number of anilines is 1. The number of carbonyl (C=O) groups excluding carboxylic acids is 4. The minimum absolute atomic E-state index is 0.107. The number of hydrogen-bond donors (Lipinski definition) is 0. The van der Waals surface area contributed by atoms with E-state index in [1.165, 1.54) is 9.80 Å². The molecule has 3 aliphatic rings. The predicted molar refractivity (Wildman–Crippen MR) is 142 cm³/mol. The Morgan fingerprint density at radius 3 is 2.24 bits per heavy atom. The van der Waals surface area contributed by atoms with Crippen molar-refractivity contribution in [1.29, 1.82) is 0 Å². The predicted octanol–water partition coefficient (Wildman–Crippen LogP) is 4.77. The molecule has 3 fully saturated rings. The Bertz CT molecular complexity index is 1470. The minimum atomic E-state index is -1.57. The van der Waals surface area contributed by atoms with E-state index in [-0.39, 0.29) is 18.9 Å². The van der Waals surface area contributed by atoms with Crippen LogP contribution in [0.3, 0.4) is 0 Å². The van der Waals surface area contributed by atoms with Crippen molar-refractivity contribution in [2.24, 2.45) is 11.8 Å². The molecule has 192 valence electrons. The average molecular weight is 528 g/mol. The number of imide groups is 2. The molecule has 0 saturated carbocycles. The highest BCUT2D eigenvalue weighted by molar-refractivity contribution is 6.32. The molecule has 0 aromatic heterocycles. The Hall–Kier alpha value is -3.97. The number of nitrogens with zero attached hydrogens (tertiary/aromatic N) is 3. The van der Waals surface area contributed by atoms with Crippen LogP contribution in [0.1, 0.15) is 29.7 Å². The molecule has 7 nitrogen and oxygen atoms in total. The van der Waals surface area contributed by atoms with Crippen LogP contribution in [-0.2, 0) is 20.8 Å². The largest absolute Gasteiger partial charge is 0.332 e. The highest BCUT2D eigenvalue weighted by Gasteiger charge is 2.77. The smallest absolute Gasteiger partial charge is 0.300 e. The minimum Gasteiger partial charge on any atom is -0.300 e. The van der Waals surface area contributed by atoms with Gasteiger partial charge in [-0.15, -0.1) is 0 Å². The summed E-state index contributed by atoms with van der Waals surface area (Å²) in [5.74, 6) is -3.14. The molecule has 3 unspecified atom stereocenters. The summed E-state index contributed by atoms with van der Waals surface area (Å²) in [6, 6.07) is 22.1. The topological polar surface area (TPSA) is 78.0 Å². The van der Waals surface area contributed by atoms with Crippen LogP contribution in [0.5, 0.6) is 0 Å². The first kappa shape index (κ1) is 24.4. The summed E-state index contributed by atoms with van der Waals surface area (Å²) in [4.78, 5) is 60.4. The monoisotopic (exact) mass is 527 g/mol.